The molecule has 0 amide bonds. The van der Waals surface area contributed by atoms with Crippen LogP contribution in [0.4, 0.5) is 4.39 Å². The molecule has 2 rings (SSSR count). The lowest BCUT2D eigenvalue weighted by Gasteiger charge is -2.26. The number of nitrogens with zero attached hydrogens (tertiary/aromatic N) is 2. The maximum atomic E-state index is 13.2. The Kier molecular flexibility index (Phi) is 3.64. The molecule has 1 heterocycles. The fourth-order valence-electron chi connectivity index (χ4n) is 2.05. The average Bonchev–Trinajstić information content (AvgIpc) is 2.39. The highest BCUT2D eigenvalue weighted by atomic mass is 32.2. The summed E-state index contributed by atoms with van der Waals surface area (Å²) in [6.07, 6.45) is 2.60. The Morgan fingerprint density at radius 3 is 2.50 bits per heavy atom. The first-order valence-electron chi connectivity index (χ1n) is 5.75. The van der Waals surface area contributed by atoms with E-state index in [1.165, 1.54) is 10.4 Å². The second kappa shape index (κ2) is 5.04. The maximum absolute atomic E-state index is 13.2. The Morgan fingerprint density at radius 1 is 1.22 bits per heavy atom. The van der Waals surface area contributed by atoms with Crippen LogP contribution in [-0.2, 0) is 10.0 Å². The van der Waals surface area contributed by atoms with Crippen molar-refractivity contribution in [1.29, 1.82) is 5.26 Å². The van der Waals surface area contributed by atoms with E-state index in [1.54, 1.807) is 6.07 Å². The van der Waals surface area contributed by atoms with Crippen molar-refractivity contribution in [3.8, 4) is 6.07 Å². The predicted molar refractivity (Wildman–Crippen MR) is 63.7 cm³/mol. The molecule has 0 bridgehead atoms. The molecule has 96 valence electrons. The molecule has 0 unspecified atom stereocenters. The number of halogens is 1. The highest BCUT2D eigenvalue weighted by Gasteiger charge is 2.28. The van der Waals surface area contributed by atoms with Crippen molar-refractivity contribution in [1.82, 2.24) is 4.31 Å². The summed E-state index contributed by atoms with van der Waals surface area (Å²) in [4.78, 5) is -0.230. The number of hydrogen-bond acceptors (Lipinski definition) is 3. The second-order valence-corrected chi connectivity index (χ2v) is 6.12. The molecule has 6 heteroatoms. The Bertz CT molecular complexity index is 587. The van der Waals surface area contributed by atoms with Gasteiger partial charge in [-0.1, -0.05) is 6.42 Å². The molecule has 0 spiro atoms. The summed E-state index contributed by atoms with van der Waals surface area (Å²) in [5.41, 5.74) is -0.0121. The smallest absolute Gasteiger partial charge is 0.207 e. The van der Waals surface area contributed by atoms with Gasteiger partial charge in [-0.05, 0) is 31.0 Å². The van der Waals surface area contributed by atoms with Crippen molar-refractivity contribution in [2.45, 2.75) is 24.2 Å². The largest absolute Gasteiger partial charge is 0.244 e. The molecule has 0 atom stereocenters. The van der Waals surface area contributed by atoms with Gasteiger partial charge in [0.25, 0.3) is 0 Å². The van der Waals surface area contributed by atoms with Crippen LogP contribution in [-0.4, -0.2) is 25.8 Å². The average molecular weight is 268 g/mol. The summed E-state index contributed by atoms with van der Waals surface area (Å²) in [5.74, 6) is -0.649. The van der Waals surface area contributed by atoms with Gasteiger partial charge in [0.1, 0.15) is 16.8 Å². The van der Waals surface area contributed by atoms with E-state index in [0.717, 1.165) is 31.4 Å². The van der Waals surface area contributed by atoms with Gasteiger partial charge in [-0.15, -0.1) is 0 Å². The van der Waals surface area contributed by atoms with Gasteiger partial charge >= 0.3 is 0 Å². The quantitative estimate of drug-likeness (QED) is 0.822. The highest BCUT2D eigenvalue weighted by molar-refractivity contribution is 7.89. The topological polar surface area (TPSA) is 61.2 Å². The minimum Gasteiger partial charge on any atom is -0.207 e. The number of benzene rings is 1. The molecule has 0 N–H and O–H groups in total. The zero-order chi connectivity index (χ0) is 13.2. The number of hydrogen-bond donors (Lipinski definition) is 0. The molecule has 1 saturated heterocycles. The van der Waals surface area contributed by atoms with Crippen molar-refractivity contribution >= 4 is 10.0 Å². The molecule has 1 aromatic carbocycles. The maximum Gasteiger partial charge on any atom is 0.244 e. The Balaban J connectivity index is 2.46. The van der Waals surface area contributed by atoms with Gasteiger partial charge in [0, 0.05) is 13.1 Å². The van der Waals surface area contributed by atoms with Crippen LogP contribution in [0.15, 0.2) is 23.1 Å². The molecule has 0 aliphatic carbocycles. The van der Waals surface area contributed by atoms with E-state index < -0.39 is 15.8 Å². The van der Waals surface area contributed by atoms with Gasteiger partial charge in [0.15, 0.2) is 0 Å². The molecule has 0 radical (unpaired) electrons. The van der Waals surface area contributed by atoms with Crippen molar-refractivity contribution in [2.24, 2.45) is 0 Å². The molecule has 1 aliphatic rings. The van der Waals surface area contributed by atoms with Crippen LogP contribution in [0.1, 0.15) is 24.8 Å². The molecular formula is C12H13FN2O2S. The van der Waals surface area contributed by atoms with Crippen LogP contribution in [0.3, 0.4) is 0 Å². The molecule has 0 saturated carbocycles. The summed E-state index contributed by atoms with van der Waals surface area (Å²) in [5, 5.41) is 8.92. The van der Waals surface area contributed by atoms with E-state index in [9.17, 15) is 12.8 Å². The molecule has 1 aliphatic heterocycles. The van der Waals surface area contributed by atoms with E-state index in [1.807, 2.05) is 0 Å². The fraction of sp³-hybridized carbons (Fsp3) is 0.417. The van der Waals surface area contributed by atoms with E-state index in [4.69, 9.17) is 5.26 Å². The molecule has 0 aromatic heterocycles. The number of piperidine rings is 1. The van der Waals surface area contributed by atoms with Gasteiger partial charge in [0.2, 0.25) is 10.0 Å². The van der Waals surface area contributed by atoms with E-state index in [-0.39, 0.29) is 10.5 Å². The first kappa shape index (κ1) is 13.0. The fourth-order valence-corrected chi connectivity index (χ4v) is 3.72. The van der Waals surface area contributed by atoms with Crippen LogP contribution in [0.25, 0.3) is 0 Å². The second-order valence-electron chi connectivity index (χ2n) is 4.22. The van der Waals surface area contributed by atoms with Crippen LogP contribution >= 0.6 is 0 Å². The van der Waals surface area contributed by atoms with Gasteiger partial charge in [-0.2, -0.15) is 9.57 Å². The Labute approximate surface area is 106 Å². The van der Waals surface area contributed by atoms with Crippen molar-refractivity contribution in [3.63, 3.8) is 0 Å². The summed E-state index contributed by atoms with van der Waals surface area (Å²) >= 11 is 0. The van der Waals surface area contributed by atoms with Crippen molar-refractivity contribution in [2.75, 3.05) is 13.1 Å². The summed E-state index contributed by atoms with van der Waals surface area (Å²) in [7, 11) is -3.76. The van der Waals surface area contributed by atoms with E-state index >= 15 is 0 Å². The van der Waals surface area contributed by atoms with E-state index in [2.05, 4.69) is 0 Å². The monoisotopic (exact) mass is 268 g/mol. The van der Waals surface area contributed by atoms with Gasteiger partial charge in [0.05, 0.1) is 5.56 Å². The van der Waals surface area contributed by atoms with Crippen LogP contribution in [0, 0.1) is 17.1 Å². The lowest BCUT2D eigenvalue weighted by Crippen LogP contribution is -2.36. The zero-order valence-electron chi connectivity index (χ0n) is 9.76. The summed E-state index contributed by atoms with van der Waals surface area (Å²) < 4.78 is 39.2. The Morgan fingerprint density at radius 2 is 1.89 bits per heavy atom. The van der Waals surface area contributed by atoms with Gasteiger partial charge in [-0.25, -0.2) is 12.8 Å². The first-order valence-corrected chi connectivity index (χ1v) is 7.19. The standard InChI is InChI=1S/C12H13FN2O2S/c13-11-5-4-10(9-14)12(8-11)18(16,17)15-6-2-1-3-7-15/h4-5,8H,1-3,6-7H2. The third kappa shape index (κ3) is 2.37. The van der Waals surface area contributed by atoms with E-state index in [0.29, 0.717) is 13.1 Å². The molecule has 18 heavy (non-hydrogen) atoms. The first-order chi connectivity index (χ1) is 8.55. The van der Waals surface area contributed by atoms with Crippen molar-refractivity contribution in [3.05, 3.63) is 29.6 Å². The van der Waals surface area contributed by atoms with Gasteiger partial charge in [-0.3, -0.25) is 0 Å². The lowest BCUT2D eigenvalue weighted by molar-refractivity contribution is 0.346. The molecular weight excluding hydrogens is 255 g/mol. The number of nitriles is 1. The van der Waals surface area contributed by atoms with Crippen LogP contribution in [0.5, 0.6) is 0 Å². The van der Waals surface area contributed by atoms with Crippen LogP contribution < -0.4 is 0 Å². The third-order valence-electron chi connectivity index (χ3n) is 3.00. The van der Waals surface area contributed by atoms with Gasteiger partial charge < -0.3 is 0 Å². The minimum atomic E-state index is -3.76. The normalized spacial score (nSPS) is 17.3. The third-order valence-corrected chi connectivity index (χ3v) is 4.94. The summed E-state index contributed by atoms with van der Waals surface area (Å²) in [6, 6.07) is 5.01. The van der Waals surface area contributed by atoms with Crippen LogP contribution in [0.2, 0.25) is 0 Å². The SMILES string of the molecule is N#Cc1ccc(F)cc1S(=O)(=O)N1CCCCC1. The van der Waals surface area contributed by atoms with Crippen molar-refractivity contribution < 1.29 is 12.8 Å². The molecule has 1 aromatic rings. The number of rotatable bonds is 2. The highest BCUT2D eigenvalue weighted by Crippen LogP contribution is 2.23. The zero-order valence-corrected chi connectivity index (χ0v) is 10.6. The Hall–Kier alpha value is -1.45. The summed E-state index contributed by atoms with van der Waals surface area (Å²) in [6.45, 7) is 0.868. The predicted octanol–water partition coefficient (Wildman–Crippen LogP) is 1.87. The minimum absolute atomic E-state index is 0.0121. The molecule has 1 fully saturated rings. The molecule has 4 nitrogen and oxygen atoms in total. The lowest BCUT2D eigenvalue weighted by atomic mass is 10.2. The number of sulfonamides is 1.